The predicted octanol–water partition coefficient (Wildman–Crippen LogP) is 2.98. The molecule has 1 saturated heterocycles. The van der Waals surface area contributed by atoms with Gasteiger partial charge in [-0.1, -0.05) is 19.1 Å². The summed E-state index contributed by atoms with van der Waals surface area (Å²) in [5.74, 6) is 0.307. The van der Waals surface area contributed by atoms with Gasteiger partial charge < -0.3 is 16.0 Å². The number of benzene rings is 1. The first kappa shape index (κ1) is 19.4. The van der Waals surface area contributed by atoms with E-state index in [1.165, 1.54) is 18.3 Å². The molecule has 0 radical (unpaired) electrons. The number of nitrogens with zero attached hydrogens (tertiary/aromatic N) is 1. The van der Waals surface area contributed by atoms with Crippen LogP contribution in [0.3, 0.4) is 0 Å². The van der Waals surface area contributed by atoms with Crippen molar-refractivity contribution in [2.45, 2.75) is 13.8 Å². The van der Waals surface area contributed by atoms with E-state index in [0.717, 1.165) is 30.0 Å². The van der Waals surface area contributed by atoms with Crippen molar-refractivity contribution in [1.82, 2.24) is 10.3 Å². The van der Waals surface area contributed by atoms with Crippen LogP contribution < -0.4 is 16.0 Å². The third-order valence-electron chi connectivity index (χ3n) is 4.17. The zero-order chi connectivity index (χ0) is 17.1. The molecule has 8 heteroatoms. The maximum Gasteiger partial charge on any atom is 0.229 e. The Morgan fingerprint density at radius 2 is 1.92 bits per heavy atom. The number of thiazole rings is 1. The van der Waals surface area contributed by atoms with Crippen LogP contribution in [-0.2, 0) is 9.59 Å². The minimum Gasteiger partial charge on any atom is -0.326 e. The number of halogens is 1. The average molecular weight is 381 g/mol. The molecule has 2 heterocycles. The van der Waals surface area contributed by atoms with E-state index in [-0.39, 0.29) is 30.1 Å². The fraction of sp³-hybridized carbons (Fsp3) is 0.353. The molecule has 25 heavy (non-hydrogen) atoms. The van der Waals surface area contributed by atoms with Crippen molar-refractivity contribution in [2.75, 3.05) is 23.7 Å². The lowest BCUT2D eigenvalue weighted by Gasteiger charge is -2.31. The third-order valence-corrected chi connectivity index (χ3v) is 4.93. The van der Waals surface area contributed by atoms with Gasteiger partial charge in [-0.2, -0.15) is 0 Å². The van der Waals surface area contributed by atoms with Gasteiger partial charge in [0.15, 0.2) is 5.13 Å². The van der Waals surface area contributed by atoms with Crippen molar-refractivity contribution in [2.24, 2.45) is 11.8 Å². The van der Waals surface area contributed by atoms with Gasteiger partial charge in [-0.3, -0.25) is 9.59 Å². The molecule has 2 amide bonds. The average Bonchev–Trinajstić information content (AvgIpc) is 2.94. The van der Waals surface area contributed by atoms with Crippen molar-refractivity contribution < 1.29 is 9.59 Å². The molecule has 1 aliphatic heterocycles. The molecule has 3 rings (SSSR count). The van der Waals surface area contributed by atoms with Crippen molar-refractivity contribution in [3.8, 4) is 11.3 Å². The van der Waals surface area contributed by atoms with E-state index in [1.807, 2.05) is 36.6 Å². The summed E-state index contributed by atoms with van der Waals surface area (Å²) in [4.78, 5) is 27.7. The lowest BCUT2D eigenvalue weighted by molar-refractivity contribution is -0.121. The third kappa shape index (κ3) is 4.78. The summed E-state index contributed by atoms with van der Waals surface area (Å²) in [5, 5.41) is 11.3. The van der Waals surface area contributed by atoms with Crippen LogP contribution in [0.1, 0.15) is 13.8 Å². The van der Waals surface area contributed by atoms with Crippen molar-refractivity contribution in [3.63, 3.8) is 0 Å². The fourth-order valence-electron chi connectivity index (χ4n) is 2.49. The van der Waals surface area contributed by atoms with Crippen LogP contribution >= 0.6 is 23.7 Å². The number of anilines is 2. The van der Waals surface area contributed by atoms with Crippen LogP contribution in [-0.4, -0.2) is 29.9 Å². The zero-order valence-corrected chi connectivity index (χ0v) is 15.7. The van der Waals surface area contributed by atoms with E-state index in [9.17, 15) is 9.59 Å². The lowest BCUT2D eigenvalue weighted by Crippen LogP contribution is -2.48. The van der Waals surface area contributed by atoms with Crippen LogP contribution in [0.2, 0.25) is 0 Å². The van der Waals surface area contributed by atoms with Crippen molar-refractivity contribution >= 4 is 46.4 Å². The standard InChI is InChI=1S/C17H20N4O2S.ClH/c1-10(13-7-18-8-13)16(23)21-17-20-15(9-24-17)12-3-5-14(6-4-12)19-11(2)22;/h3-6,9-10,13,18H,7-8H2,1-2H3,(H,19,22)(H,20,21,23);1H. The molecule has 1 unspecified atom stereocenters. The van der Waals surface area contributed by atoms with Crippen LogP contribution in [0.25, 0.3) is 11.3 Å². The van der Waals surface area contributed by atoms with E-state index in [0.29, 0.717) is 11.0 Å². The van der Waals surface area contributed by atoms with Gasteiger partial charge in [-0.15, -0.1) is 23.7 Å². The predicted molar refractivity (Wildman–Crippen MR) is 103 cm³/mol. The van der Waals surface area contributed by atoms with Gasteiger partial charge in [0.2, 0.25) is 11.8 Å². The van der Waals surface area contributed by atoms with Crippen molar-refractivity contribution in [1.29, 1.82) is 0 Å². The monoisotopic (exact) mass is 380 g/mol. The van der Waals surface area contributed by atoms with Gasteiger partial charge in [-0.25, -0.2) is 4.98 Å². The molecular formula is C17H21ClN4O2S. The van der Waals surface area contributed by atoms with Gasteiger partial charge >= 0.3 is 0 Å². The quantitative estimate of drug-likeness (QED) is 0.744. The van der Waals surface area contributed by atoms with E-state index in [1.54, 1.807) is 0 Å². The number of carbonyl (C=O) groups is 2. The molecule has 0 saturated carbocycles. The highest BCUT2D eigenvalue weighted by Crippen LogP contribution is 2.27. The summed E-state index contributed by atoms with van der Waals surface area (Å²) in [7, 11) is 0. The van der Waals surface area contributed by atoms with E-state index in [2.05, 4.69) is 20.9 Å². The number of aromatic nitrogens is 1. The van der Waals surface area contributed by atoms with Crippen LogP contribution in [0.4, 0.5) is 10.8 Å². The normalized spacial score (nSPS) is 14.8. The van der Waals surface area contributed by atoms with Crippen molar-refractivity contribution in [3.05, 3.63) is 29.6 Å². The first-order valence-corrected chi connectivity index (χ1v) is 8.76. The smallest absolute Gasteiger partial charge is 0.229 e. The highest BCUT2D eigenvalue weighted by molar-refractivity contribution is 7.14. The first-order chi connectivity index (χ1) is 11.5. The second-order valence-electron chi connectivity index (χ2n) is 5.99. The zero-order valence-electron chi connectivity index (χ0n) is 14.0. The maximum absolute atomic E-state index is 12.2. The number of hydrogen-bond acceptors (Lipinski definition) is 5. The SMILES string of the molecule is CC(=O)Nc1ccc(-c2csc(NC(=O)C(C)C3CNC3)n2)cc1.Cl. The highest BCUT2D eigenvalue weighted by atomic mass is 35.5. The molecule has 1 aromatic carbocycles. The molecule has 2 aromatic rings. The lowest BCUT2D eigenvalue weighted by atomic mass is 9.88. The van der Waals surface area contributed by atoms with Gasteiger partial charge in [0, 0.05) is 29.5 Å². The Hall–Kier alpha value is -1.96. The Morgan fingerprint density at radius 3 is 2.48 bits per heavy atom. The van der Waals surface area contributed by atoms with Gasteiger partial charge in [0.1, 0.15) is 0 Å². The van der Waals surface area contributed by atoms with Crippen LogP contribution in [0.5, 0.6) is 0 Å². The molecule has 6 nitrogen and oxygen atoms in total. The number of amides is 2. The minimum absolute atomic E-state index is 0. The largest absolute Gasteiger partial charge is 0.326 e. The number of carbonyl (C=O) groups excluding carboxylic acids is 2. The Balaban J connectivity index is 0.00000225. The van der Waals surface area contributed by atoms with Crippen LogP contribution in [0, 0.1) is 11.8 Å². The van der Waals surface area contributed by atoms with Gasteiger partial charge in [-0.05, 0) is 31.1 Å². The molecule has 1 fully saturated rings. The molecule has 0 spiro atoms. The maximum atomic E-state index is 12.2. The Morgan fingerprint density at radius 1 is 1.24 bits per heavy atom. The summed E-state index contributed by atoms with van der Waals surface area (Å²) in [5.41, 5.74) is 2.50. The van der Waals surface area contributed by atoms with Gasteiger partial charge in [0.25, 0.3) is 0 Å². The Bertz CT molecular complexity index is 743. The summed E-state index contributed by atoms with van der Waals surface area (Å²) in [6.45, 7) is 5.23. The summed E-state index contributed by atoms with van der Waals surface area (Å²) < 4.78 is 0. The molecular weight excluding hydrogens is 360 g/mol. The summed E-state index contributed by atoms with van der Waals surface area (Å²) in [6.07, 6.45) is 0. The Kier molecular flexibility index (Phi) is 6.52. The topological polar surface area (TPSA) is 83.1 Å². The van der Waals surface area contributed by atoms with E-state index >= 15 is 0 Å². The first-order valence-electron chi connectivity index (χ1n) is 7.88. The summed E-state index contributed by atoms with van der Waals surface area (Å²) >= 11 is 1.41. The second-order valence-corrected chi connectivity index (χ2v) is 6.85. The second kappa shape index (κ2) is 8.42. The molecule has 134 valence electrons. The molecule has 1 aromatic heterocycles. The minimum atomic E-state index is -0.0998. The Labute approximate surface area is 156 Å². The number of hydrogen-bond donors (Lipinski definition) is 3. The van der Waals surface area contributed by atoms with Gasteiger partial charge in [0.05, 0.1) is 5.69 Å². The fourth-order valence-corrected chi connectivity index (χ4v) is 3.21. The molecule has 3 N–H and O–H groups in total. The molecule has 0 aliphatic carbocycles. The highest BCUT2D eigenvalue weighted by Gasteiger charge is 2.29. The molecule has 1 aliphatic rings. The number of rotatable bonds is 5. The number of nitrogens with one attached hydrogen (secondary N) is 3. The molecule has 0 bridgehead atoms. The molecule has 1 atom stereocenters. The summed E-state index contributed by atoms with van der Waals surface area (Å²) in [6, 6.07) is 7.46. The van der Waals surface area contributed by atoms with E-state index in [4.69, 9.17) is 0 Å². The van der Waals surface area contributed by atoms with E-state index < -0.39 is 0 Å². The van der Waals surface area contributed by atoms with Crippen LogP contribution in [0.15, 0.2) is 29.6 Å².